The largest absolute Gasteiger partial charge is 0.379 e. The van der Waals surface area contributed by atoms with Gasteiger partial charge in [-0.25, -0.2) is 0 Å². The Balaban J connectivity index is 3.70. The number of likely N-dealkylation sites (N-methyl/N-ethyl adjacent to an activating group) is 1. The van der Waals surface area contributed by atoms with E-state index >= 15 is 0 Å². The monoisotopic (exact) mass is 503 g/mol. The number of amides is 1. The molecule has 0 heterocycles. The van der Waals surface area contributed by atoms with E-state index in [0.29, 0.717) is 84.8 Å². The summed E-state index contributed by atoms with van der Waals surface area (Å²) in [6.45, 7) is 11.7. The van der Waals surface area contributed by atoms with E-state index in [-0.39, 0.29) is 5.91 Å². The minimum Gasteiger partial charge on any atom is -0.379 e. The number of carbonyl (C=O) groups excluding carboxylic acids is 1. The average molecular weight is 504 g/mol. The van der Waals surface area contributed by atoms with Gasteiger partial charge >= 0.3 is 0 Å². The molecule has 0 aliphatic rings. The number of thiocyanates is 1. The predicted molar refractivity (Wildman–Crippen MR) is 136 cm³/mol. The van der Waals surface area contributed by atoms with Crippen molar-refractivity contribution in [3.8, 4) is 5.40 Å². The maximum Gasteiger partial charge on any atom is 0.222 e. The Bertz CT molecular complexity index is 561. The first-order valence-electron chi connectivity index (χ1n) is 12.1. The molecule has 9 nitrogen and oxygen atoms in total. The van der Waals surface area contributed by atoms with Gasteiger partial charge in [-0.3, -0.25) is 4.79 Å². The van der Waals surface area contributed by atoms with Crippen molar-refractivity contribution in [2.24, 2.45) is 5.92 Å². The van der Waals surface area contributed by atoms with Gasteiger partial charge < -0.3 is 34.3 Å². The van der Waals surface area contributed by atoms with Crippen molar-refractivity contribution < 1.29 is 28.5 Å². The molecule has 0 fully saturated rings. The van der Waals surface area contributed by atoms with Crippen molar-refractivity contribution in [2.75, 3.05) is 79.6 Å². The van der Waals surface area contributed by atoms with Crippen molar-refractivity contribution >= 4 is 17.7 Å². The summed E-state index contributed by atoms with van der Waals surface area (Å²) in [7, 11) is 1.88. The van der Waals surface area contributed by atoms with Gasteiger partial charge in [-0.15, -0.1) is 0 Å². The molecule has 2 atom stereocenters. The molecule has 0 aromatic carbocycles. The summed E-state index contributed by atoms with van der Waals surface area (Å²) in [4.78, 5) is 11.1. The number of carbonyl (C=O) groups is 1. The Hall–Kier alpha value is -1.19. The molecule has 0 aromatic rings. The lowest BCUT2D eigenvalue weighted by atomic mass is 10.1. The van der Waals surface area contributed by atoms with Gasteiger partial charge in [0.15, 0.2) is 0 Å². The number of nitriles is 1. The van der Waals surface area contributed by atoms with Crippen molar-refractivity contribution in [3.63, 3.8) is 0 Å². The van der Waals surface area contributed by atoms with E-state index < -0.39 is 4.93 Å². The number of allylic oxidation sites excluding steroid dienone is 1. The summed E-state index contributed by atoms with van der Waals surface area (Å²) in [5, 5.41) is 17.0. The highest BCUT2D eigenvalue weighted by molar-refractivity contribution is 8.04. The second-order valence-electron chi connectivity index (χ2n) is 7.85. The number of nitrogens with zero attached hydrogens (tertiary/aromatic N) is 1. The highest BCUT2D eigenvalue weighted by atomic mass is 32.2. The molecule has 0 bridgehead atoms. The lowest BCUT2D eigenvalue weighted by Gasteiger charge is -2.26. The molecule has 0 radical (unpaired) electrons. The Morgan fingerprint density at radius 1 is 1.03 bits per heavy atom. The van der Waals surface area contributed by atoms with Crippen molar-refractivity contribution in [2.45, 2.75) is 45.0 Å². The molecular formula is C24H45N3O6S. The van der Waals surface area contributed by atoms with E-state index in [9.17, 15) is 4.79 Å². The fourth-order valence-corrected chi connectivity index (χ4v) is 3.02. The standard InChI is InChI=1S/C24H45N3O6S/c1-5-22(2)7-6-10-27-23(28)8-12-29-15-18-32-19-20-33-24(3,34-21-25)9-13-30-16-17-31-14-11-26-4/h6-7,22,26H,5,8-20H2,1-4H3,(H,27,28)/b7-6+. The Labute approximate surface area is 210 Å². The van der Waals surface area contributed by atoms with E-state index in [1.807, 2.05) is 20.0 Å². The van der Waals surface area contributed by atoms with Gasteiger partial charge in [0.1, 0.15) is 10.3 Å². The molecule has 2 unspecified atom stereocenters. The second kappa shape index (κ2) is 23.5. The van der Waals surface area contributed by atoms with Gasteiger partial charge in [0.05, 0.1) is 59.5 Å². The molecule has 0 aliphatic carbocycles. The van der Waals surface area contributed by atoms with Crippen LogP contribution in [-0.2, 0) is 28.5 Å². The molecule has 34 heavy (non-hydrogen) atoms. The molecule has 0 aromatic heterocycles. The molecule has 10 heteroatoms. The summed E-state index contributed by atoms with van der Waals surface area (Å²) in [6, 6.07) is 0. The molecule has 1 amide bonds. The van der Waals surface area contributed by atoms with Gasteiger partial charge in [0, 0.05) is 25.9 Å². The highest BCUT2D eigenvalue weighted by Gasteiger charge is 2.26. The third-order valence-corrected chi connectivity index (χ3v) is 5.68. The first-order valence-corrected chi connectivity index (χ1v) is 12.9. The van der Waals surface area contributed by atoms with Crippen LogP contribution in [0.1, 0.15) is 40.0 Å². The zero-order valence-electron chi connectivity index (χ0n) is 21.4. The third-order valence-electron chi connectivity index (χ3n) is 4.84. The molecule has 0 spiro atoms. The lowest BCUT2D eigenvalue weighted by molar-refractivity contribution is -0.122. The minimum atomic E-state index is -0.654. The summed E-state index contributed by atoms with van der Waals surface area (Å²) in [5.41, 5.74) is 0. The highest BCUT2D eigenvalue weighted by Crippen LogP contribution is 2.29. The zero-order valence-corrected chi connectivity index (χ0v) is 22.3. The average Bonchev–Trinajstić information content (AvgIpc) is 2.82. The van der Waals surface area contributed by atoms with Crippen LogP contribution in [0.5, 0.6) is 0 Å². The predicted octanol–water partition coefficient (Wildman–Crippen LogP) is 2.72. The zero-order chi connectivity index (χ0) is 25.3. The van der Waals surface area contributed by atoms with Crippen molar-refractivity contribution in [1.82, 2.24) is 10.6 Å². The van der Waals surface area contributed by atoms with Crippen molar-refractivity contribution in [1.29, 1.82) is 5.26 Å². The van der Waals surface area contributed by atoms with Crippen LogP contribution in [0.15, 0.2) is 12.2 Å². The Morgan fingerprint density at radius 2 is 1.65 bits per heavy atom. The number of ether oxygens (including phenoxy) is 5. The molecule has 2 N–H and O–H groups in total. The van der Waals surface area contributed by atoms with Crippen LogP contribution in [0.4, 0.5) is 0 Å². The van der Waals surface area contributed by atoms with Crippen LogP contribution in [0.25, 0.3) is 0 Å². The first kappa shape index (κ1) is 32.8. The number of rotatable bonds is 24. The number of hydrogen-bond donors (Lipinski definition) is 2. The fourth-order valence-electron chi connectivity index (χ4n) is 2.50. The SMILES string of the molecule is CCC(C)/C=C/CNC(=O)CCOCCOCCOC(C)(CCOCCOCCNC)SC#N. The van der Waals surface area contributed by atoms with Crippen LogP contribution in [0.3, 0.4) is 0 Å². The molecule has 198 valence electrons. The number of hydrogen-bond acceptors (Lipinski definition) is 9. The quantitative estimate of drug-likeness (QED) is 0.0889. The van der Waals surface area contributed by atoms with Gasteiger partial charge in [-0.2, -0.15) is 5.26 Å². The van der Waals surface area contributed by atoms with E-state index in [0.717, 1.165) is 24.7 Å². The summed E-state index contributed by atoms with van der Waals surface area (Å²) < 4.78 is 27.8. The van der Waals surface area contributed by atoms with E-state index in [1.54, 1.807) is 0 Å². The maximum atomic E-state index is 11.7. The maximum absolute atomic E-state index is 11.7. The van der Waals surface area contributed by atoms with Crippen LogP contribution >= 0.6 is 11.8 Å². The lowest BCUT2D eigenvalue weighted by Crippen LogP contribution is -2.28. The Morgan fingerprint density at radius 3 is 2.29 bits per heavy atom. The third kappa shape index (κ3) is 21.4. The van der Waals surface area contributed by atoms with Gasteiger partial charge in [-0.05, 0) is 31.7 Å². The summed E-state index contributed by atoms with van der Waals surface area (Å²) in [6.07, 6.45) is 6.10. The second-order valence-corrected chi connectivity index (χ2v) is 9.10. The van der Waals surface area contributed by atoms with Gasteiger partial charge in [0.25, 0.3) is 0 Å². The molecule has 0 rings (SSSR count). The molecule has 0 saturated heterocycles. The summed E-state index contributed by atoms with van der Waals surface area (Å²) in [5.74, 6) is 0.505. The van der Waals surface area contributed by atoms with E-state index in [4.69, 9.17) is 28.9 Å². The van der Waals surface area contributed by atoms with E-state index in [2.05, 4.69) is 36.0 Å². The van der Waals surface area contributed by atoms with Crippen LogP contribution in [0.2, 0.25) is 0 Å². The van der Waals surface area contributed by atoms with E-state index in [1.165, 1.54) is 0 Å². The summed E-state index contributed by atoms with van der Waals surface area (Å²) >= 11 is 1.08. The smallest absolute Gasteiger partial charge is 0.222 e. The number of nitrogens with one attached hydrogen (secondary N) is 2. The number of thioether (sulfide) groups is 1. The molecule has 0 saturated carbocycles. The first-order chi connectivity index (χ1) is 16.5. The molecule has 0 aliphatic heterocycles. The van der Waals surface area contributed by atoms with Crippen molar-refractivity contribution in [3.05, 3.63) is 12.2 Å². The normalized spacial score (nSPS) is 14.1. The minimum absolute atomic E-state index is 0.0253. The van der Waals surface area contributed by atoms with Crippen LogP contribution in [-0.4, -0.2) is 90.4 Å². The van der Waals surface area contributed by atoms with Crippen LogP contribution in [0, 0.1) is 16.6 Å². The fraction of sp³-hybridized carbons (Fsp3) is 0.833. The molecular weight excluding hydrogens is 458 g/mol. The topological polar surface area (TPSA) is 111 Å². The van der Waals surface area contributed by atoms with Crippen LogP contribution < -0.4 is 10.6 Å². The Kier molecular flexibility index (Phi) is 22.7. The van der Waals surface area contributed by atoms with Gasteiger partial charge in [0.2, 0.25) is 5.91 Å². The van der Waals surface area contributed by atoms with Gasteiger partial charge in [-0.1, -0.05) is 32.4 Å².